The molecule has 1 fully saturated rings. The van der Waals surface area contributed by atoms with Crippen LogP contribution in [-0.2, 0) is 33.4 Å². The summed E-state index contributed by atoms with van der Waals surface area (Å²) in [6, 6.07) is 0. The zero-order valence-corrected chi connectivity index (χ0v) is 29.1. The second kappa shape index (κ2) is 16.3. The summed E-state index contributed by atoms with van der Waals surface area (Å²) >= 11 is 0. The molecule has 0 spiro atoms. The molecule has 11 heteroatoms. The summed E-state index contributed by atoms with van der Waals surface area (Å²) < 4.78 is 16.8. The third-order valence-electron chi connectivity index (χ3n) is 6.45. The zero-order chi connectivity index (χ0) is 33.2. The van der Waals surface area contributed by atoms with Gasteiger partial charge in [-0.3, -0.25) is 38.8 Å². The normalized spacial score (nSPS) is 18.3. The topological polar surface area (TPSA) is 109 Å². The molecule has 0 unspecified atom stereocenters. The monoisotopic (exact) mass is 612 g/mol. The molecule has 0 bridgehead atoms. The first kappa shape index (κ1) is 38.9. The highest BCUT2D eigenvalue weighted by Gasteiger charge is 2.28. The van der Waals surface area contributed by atoms with E-state index < -0.39 is 22.2 Å². The standard InChI is InChI=1S/C32H60N4O7/c1-29(2,3)25(37)21-33-13-15-34(22-26(38)41-30(4,5)6)17-19-36(24-28(40)43-32(10,11)12)20-18-35(16-14-33)23-27(39)42-31(7,8)9/h13-24H2,1-12H3. The van der Waals surface area contributed by atoms with Crippen LogP contribution in [0.5, 0.6) is 0 Å². The van der Waals surface area contributed by atoms with Gasteiger partial charge in [0.15, 0.2) is 5.78 Å². The predicted octanol–water partition coefficient (Wildman–Crippen LogP) is 2.85. The lowest BCUT2D eigenvalue weighted by Gasteiger charge is -2.34. The molecule has 250 valence electrons. The van der Waals surface area contributed by atoms with Gasteiger partial charge in [-0.1, -0.05) is 20.8 Å². The molecule has 1 heterocycles. The quantitative estimate of drug-likeness (QED) is 0.298. The van der Waals surface area contributed by atoms with Gasteiger partial charge in [-0.05, 0) is 62.3 Å². The van der Waals surface area contributed by atoms with Crippen LogP contribution < -0.4 is 0 Å². The molecule has 11 nitrogen and oxygen atoms in total. The predicted molar refractivity (Wildman–Crippen MR) is 168 cm³/mol. The van der Waals surface area contributed by atoms with Crippen molar-refractivity contribution in [3.05, 3.63) is 0 Å². The fourth-order valence-corrected chi connectivity index (χ4v) is 4.32. The maximum absolute atomic E-state index is 13.0. The second-order valence-corrected chi connectivity index (χ2v) is 15.5. The zero-order valence-electron chi connectivity index (χ0n) is 29.1. The van der Waals surface area contributed by atoms with Crippen LogP contribution in [0.3, 0.4) is 0 Å². The number of carbonyl (C=O) groups is 4. The van der Waals surface area contributed by atoms with E-state index >= 15 is 0 Å². The van der Waals surface area contributed by atoms with Gasteiger partial charge in [0.2, 0.25) is 0 Å². The average Bonchev–Trinajstić information content (AvgIpc) is 2.76. The summed E-state index contributed by atoms with van der Waals surface area (Å²) in [6.45, 7) is 27.0. The highest BCUT2D eigenvalue weighted by Crippen LogP contribution is 2.16. The maximum Gasteiger partial charge on any atom is 0.320 e. The van der Waals surface area contributed by atoms with E-state index in [9.17, 15) is 19.2 Å². The Bertz CT molecular complexity index is 880. The van der Waals surface area contributed by atoms with Crippen LogP contribution in [0.25, 0.3) is 0 Å². The molecule has 1 aliphatic rings. The van der Waals surface area contributed by atoms with Crippen molar-refractivity contribution in [1.29, 1.82) is 0 Å². The molecular weight excluding hydrogens is 552 g/mol. The Morgan fingerprint density at radius 1 is 0.419 bits per heavy atom. The van der Waals surface area contributed by atoms with Crippen LogP contribution in [0.2, 0.25) is 0 Å². The van der Waals surface area contributed by atoms with Crippen LogP contribution in [0.15, 0.2) is 0 Å². The third-order valence-corrected chi connectivity index (χ3v) is 6.45. The Labute approximate surface area is 260 Å². The first-order valence-corrected chi connectivity index (χ1v) is 15.5. The summed E-state index contributed by atoms with van der Waals surface area (Å²) in [5.41, 5.74) is -2.30. The number of hydrogen-bond acceptors (Lipinski definition) is 11. The lowest BCUT2D eigenvalue weighted by atomic mass is 9.90. The molecule has 0 saturated carbocycles. The van der Waals surface area contributed by atoms with Gasteiger partial charge in [-0.2, -0.15) is 0 Å². The molecule has 0 aliphatic carbocycles. The molecule has 43 heavy (non-hydrogen) atoms. The minimum atomic E-state index is -0.608. The lowest BCUT2D eigenvalue weighted by molar-refractivity contribution is -0.158. The van der Waals surface area contributed by atoms with Crippen molar-refractivity contribution < 1.29 is 33.4 Å². The Hall–Kier alpha value is -2.08. The van der Waals surface area contributed by atoms with Crippen LogP contribution in [0.1, 0.15) is 83.1 Å². The van der Waals surface area contributed by atoms with Crippen LogP contribution in [-0.4, -0.2) is 139 Å². The molecule has 0 radical (unpaired) electrons. The van der Waals surface area contributed by atoms with Crippen molar-refractivity contribution in [2.24, 2.45) is 5.41 Å². The van der Waals surface area contributed by atoms with Gasteiger partial charge in [0.1, 0.15) is 16.8 Å². The van der Waals surface area contributed by atoms with Crippen molar-refractivity contribution in [2.75, 3.05) is 78.5 Å². The third kappa shape index (κ3) is 19.0. The molecule has 0 aromatic heterocycles. The second-order valence-electron chi connectivity index (χ2n) is 15.5. The molecular formula is C32H60N4O7. The summed E-state index contributed by atoms with van der Waals surface area (Å²) in [5, 5.41) is 0. The number of rotatable bonds is 8. The SMILES string of the molecule is CC(C)(C)OC(=O)CN1CCN(CC(=O)OC(C)(C)C)CCN(CC(=O)C(C)(C)C)CCN(CC(=O)OC(C)(C)C)CC1. The number of Topliss-reactive ketones (excluding diaryl/α,β-unsaturated/α-hetero) is 1. The number of esters is 3. The Morgan fingerprint density at radius 2 is 0.628 bits per heavy atom. The summed E-state index contributed by atoms with van der Waals surface area (Å²) in [4.78, 5) is 59.5. The van der Waals surface area contributed by atoms with Gasteiger partial charge in [0, 0.05) is 57.8 Å². The van der Waals surface area contributed by atoms with Crippen molar-refractivity contribution in [3.63, 3.8) is 0 Å². The van der Waals surface area contributed by atoms with Gasteiger partial charge < -0.3 is 14.2 Å². The highest BCUT2D eigenvalue weighted by molar-refractivity contribution is 5.85. The van der Waals surface area contributed by atoms with Crippen molar-refractivity contribution >= 4 is 23.7 Å². The molecule has 0 atom stereocenters. The fourth-order valence-electron chi connectivity index (χ4n) is 4.32. The first-order valence-electron chi connectivity index (χ1n) is 15.5. The number of nitrogens with zero attached hydrogens (tertiary/aromatic N) is 4. The van der Waals surface area contributed by atoms with Gasteiger partial charge in [0.05, 0.1) is 26.2 Å². The van der Waals surface area contributed by atoms with Crippen molar-refractivity contribution in [2.45, 2.75) is 99.9 Å². The van der Waals surface area contributed by atoms with E-state index in [1.807, 2.05) is 97.8 Å². The van der Waals surface area contributed by atoms with E-state index in [0.29, 0.717) is 52.4 Å². The van der Waals surface area contributed by atoms with Gasteiger partial charge in [-0.15, -0.1) is 0 Å². The molecule has 0 aromatic rings. The molecule has 0 aromatic carbocycles. The molecule has 1 aliphatic heterocycles. The summed E-state index contributed by atoms with van der Waals surface area (Å²) in [5.74, 6) is -0.845. The summed E-state index contributed by atoms with van der Waals surface area (Å²) in [7, 11) is 0. The molecule has 0 N–H and O–H groups in total. The number of hydrogen-bond donors (Lipinski definition) is 0. The maximum atomic E-state index is 13.0. The van der Waals surface area contributed by atoms with Gasteiger partial charge >= 0.3 is 17.9 Å². The fraction of sp³-hybridized carbons (Fsp3) is 0.875. The van der Waals surface area contributed by atoms with E-state index in [1.165, 1.54) is 0 Å². The van der Waals surface area contributed by atoms with Gasteiger partial charge in [-0.25, -0.2) is 0 Å². The smallest absolute Gasteiger partial charge is 0.320 e. The number of carbonyl (C=O) groups excluding carboxylic acids is 4. The van der Waals surface area contributed by atoms with E-state index in [2.05, 4.69) is 4.90 Å². The summed E-state index contributed by atoms with van der Waals surface area (Å²) in [6.07, 6.45) is 0. The van der Waals surface area contributed by atoms with Crippen molar-refractivity contribution in [3.8, 4) is 0 Å². The number of ketones is 1. The lowest BCUT2D eigenvalue weighted by Crippen LogP contribution is -2.50. The molecule has 1 rings (SSSR count). The van der Waals surface area contributed by atoms with E-state index in [-0.39, 0.29) is 49.9 Å². The number of ether oxygens (including phenoxy) is 3. The van der Waals surface area contributed by atoms with E-state index in [0.717, 1.165) is 0 Å². The molecule has 0 amide bonds. The Morgan fingerprint density at radius 3 is 0.814 bits per heavy atom. The van der Waals surface area contributed by atoms with Crippen molar-refractivity contribution in [1.82, 2.24) is 19.6 Å². The van der Waals surface area contributed by atoms with Crippen LogP contribution >= 0.6 is 0 Å². The minimum absolute atomic E-state index is 0.0873. The van der Waals surface area contributed by atoms with Crippen LogP contribution in [0, 0.1) is 5.41 Å². The largest absolute Gasteiger partial charge is 0.459 e. The first-order chi connectivity index (χ1) is 19.4. The van der Waals surface area contributed by atoms with Gasteiger partial charge in [0.25, 0.3) is 0 Å². The average molecular weight is 613 g/mol. The minimum Gasteiger partial charge on any atom is -0.459 e. The van der Waals surface area contributed by atoms with E-state index in [4.69, 9.17) is 14.2 Å². The van der Waals surface area contributed by atoms with E-state index in [1.54, 1.807) is 0 Å². The highest BCUT2D eigenvalue weighted by atomic mass is 16.6. The Balaban J connectivity index is 3.24. The van der Waals surface area contributed by atoms with Crippen LogP contribution in [0.4, 0.5) is 0 Å². The Kier molecular flexibility index (Phi) is 14.8. The molecule has 1 saturated heterocycles.